The summed E-state index contributed by atoms with van der Waals surface area (Å²) < 4.78 is 28.7. The monoisotopic (exact) mass is 569 g/mol. The van der Waals surface area contributed by atoms with Crippen LogP contribution in [0.1, 0.15) is 45.2 Å². The fourth-order valence-corrected chi connectivity index (χ4v) is 5.54. The maximum absolute atomic E-state index is 13.9. The number of amides is 2. The molecule has 0 aliphatic rings. The van der Waals surface area contributed by atoms with Crippen molar-refractivity contribution in [1.29, 1.82) is 0 Å². The van der Waals surface area contributed by atoms with E-state index >= 15 is 0 Å². The molecule has 0 spiro atoms. The number of carbonyl (C=O) groups excluding carboxylic acids is 2. The van der Waals surface area contributed by atoms with Gasteiger partial charge in [0.15, 0.2) is 0 Å². The maximum Gasteiger partial charge on any atom is 0.264 e. The average molecular weight is 570 g/mol. The van der Waals surface area contributed by atoms with E-state index < -0.39 is 28.5 Å². The van der Waals surface area contributed by atoms with E-state index in [0.29, 0.717) is 10.7 Å². The molecule has 0 bridgehead atoms. The number of anilines is 1. The van der Waals surface area contributed by atoms with Crippen LogP contribution in [-0.2, 0) is 32.6 Å². The molecule has 7 nitrogen and oxygen atoms in total. The lowest BCUT2D eigenvalue weighted by Crippen LogP contribution is -2.52. The molecule has 2 amide bonds. The summed E-state index contributed by atoms with van der Waals surface area (Å²) in [6.07, 6.45) is 1.53. The van der Waals surface area contributed by atoms with Gasteiger partial charge in [-0.15, -0.1) is 0 Å². The van der Waals surface area contributed by atoms with E-state index in [1.165, 1.54) is 17.0 Å². The van der Waals surface area contributed by atoms with Crippen LogP contribution >= 0.6 is 11.6 Å². The van der Waals surface area contributed by atoms with Gasteiger partial charge in [0.2, 0.25) is 11.8 Å². The van der Waals surface area contributed by atoms with Crippen molar-refractivity contribution < 1.29 is 18.0 Å². The van der Waals surface area contributed by atoms with Crippen LogP contribution in [0.2, 0.25) is 5.02 Å². The number of hydrogen-bond acceptors (Lipinski definition) is 4. The number of sulfonamides is 1. The van der Waals surface area contributed by atoms with Gasteiger partial charge in [-0.2, -0.15) is 0 Å². The third kappa shape index (κ3) is 7.83. The number of rotatable bonds is 12. The molecule has 39 heavy (non-hydrogen) atoms. The van der Waals surface area contributed by atoms with Crippen molar-refractivity contribution in [3.63, 3.8) is 0 Å². The van der Waals surface area contributed by atoms with Gasteiger partial charge < -0.3 is 10.2 Å². The van der Waals surface area contributed by atoms with Crippen LogP contribution in [0.5, 0.6) is 0 Å². The van der Waals surface area contributed by atoms with Crippen LogP contribution in [0.25, 0.3) is 0 Å². The standard InChI is InChI=1S/C30H36ClN3O4S/c1-5-22(3)32-30(36)23(4)33(20-25-12-16-26(31)17-13-25)29(35)21-34(27-18-14-24(6-2)15-19-27)39(37,38)28-10-8-7-9-11-28/h7-19,22-23H,5-6,20-21H2,1-4H3,(H,32,36). The highest BCUT2D eigenvalue weighted by molar-refractivity contribution is 7.92. The molecule has 0 aliphatic heterocycles. The number of nitrogens with zero attached hydrogens (tertiary/aromatic N) is 2. The molecule has 0 aromatic heterocycles. The third-order valence-electron chi connectivity index (χ3n) is 6.68. The van der Waals surface area contributed by atoms with E-state index in [0.717, 1.165) is 28.3 Å². The predicted octanol–water partition coefficient (Wildman–Crippen LogP) is 5.43. The molecule has 0 heterocycles. The van der Waals surface area contributed by atoms with Crippen molar-refractivity contribution in [3.8, 4) is 0 Å². The second-order valence-electron chi connectivity index (χ2n) is 9.49. The molecule has 0 aliphatic carbocycles. The van der Waals surface area contributed by atoms with Crippen LogP contribution in [0, 0.1) is 0 Å². The molecule has 0 radical (unpaired) electrons. The topological polar surface area (TPSA) is 86.8 Å². The molecule has 3 rings (SSSR count). The summed E-state index contributed by atoms with van der Waals surface area (Å²) in [5.74, 6) is -0.813. The van der Waals surface area contributed by atoms with E-state index in [1.54, 1.807) is 61.5 Å². The first-order valence-corrected chi connectivity index (χ1v) is 14.9. The summed E-state index contributed by atoms with van der Waals surface area (Å²) in [4.78, 5) is 28.5. The second-order valence-corrected chi connectivity index (χ2v) is 11.8. The summed E-state index contributed by atoms with van der Waals surface area (Å²) in [5.41, 5.74) is 2.18. The molecular formula is C30H36ClN3O4S. The van der Waals surface area contributed by atoms with E-state index in [-0.39, 0.29) is 23.4 Å². The Balaban J connectivity index is 2.01. The quantitative estimate of drug-likeness (QED) is 0.315. The lowest BCUT2D eigenvalue weighted by molar-refractivity contribution is -0.139. The van der Waals surface area contributed by atoms with Gasteiger partial charge in [0.05, 0.1) is 10.6 Å². The Kier molecular flexibility index (Phi) is 10.5. The zero-order chi connectivity index (χ0) is 28.6. The minimum atomic E-state index is -4.08. The fraction of sp³-hybridized carbons (Fsp3) is 0.333. The van der Waals surface area contributed by atoms with Crippen molar-refractivity contribution in [2.24, 2.45) is 0 Å². The average Bonchev–Trinajstić information content (AvgIpc) is 2.95. The summed E-state index contributed by atoms with van der Waals surface area (Å²) in [7, 11) is -4.08. The minimum absolute atomic E-state index is 0.0699. The molecule has 2 unspecified atom stereocenters. The van der Waals surface area contributed by atoms with Crippen LogP contribution in [-0.4, -0.2) is 43.8 Å². The van der Waals surface area contributed by atoms with Gasteiger partial charge in [-0.3, -0.25) is 13.9 Å². The molecule has 0 fully saturated rings. The Labute approximate surface area is 236 Å². The van der Waals surface area contributed by atoms with Gasteiger partial charge in [0.1, 0.15) is 12.6 Å². The summed E-state index contributed by atoms with van der Waals surface area (Å²) >= 11 is 6.05. The number of nitrogens with one attached hydrogen (secondary N) is 1. The molecule has 3 aromatic carbocycles. The van der Waals surface area contributed by atoms with Gasteiger partial charge in [-0.05, 0) is 74.2 Å². The van der Waals surface area contributed by atoms with E-state index in [1.807, 2.05) is 32.9 Å². The van der Waals surface area contributed by atoms with Crippen LogP contribution in [0.4, 0.5) is 5.69 Å². The van der Waals surface area contributed by atoms with E-state index in [4.69, 9.17) is 11.6 Å². The first kappa shape index (κ1) is 30.2. The number of hydrogen-bond donors (Lipinski definition) is 1. The predicted molar refractivity (Wildman–Crippen MR) is 156 cm³/mol. The van der Waals surface area contributed by atoms with Crippen molar-refractivity contribution in [2.45, 2.75) is 64.1 Å². The van der Waals surface area contributed by atoms with Crippen LogP contribution in [0.3, 0.4) is 0 Å². The van der Waals surface area contributed by atoms with Crippen LogP contribution in [0.15, 0.2) is 83.8 Å². The van der Waals surface area contributed by atoms with Crippen molar-refractivity contribution in [2.75, 3.05) is 10.8 Å². The van der Waals surface area contributed by atoms with E-state index in [9.17, 15) is 18.0 Å². The SMILES string of the molecule is CCc1ccc(N(CC(=O)N(Cc2ccc(Cl)cc2)C(C)C(=O)NC(C)CC)S(=O)(=O)c2ccccc2)cc1. The van der Waals surface area contributed by atoms with Gasteiger partial charge in [0, 0.05) is 17.6 Å². The smallest absolute Gasteiger partial charge is 0.264 e. The summed E-state index contributed by atoms with van der Waals surface area (Å²) in [6.45, 7) is 7.15. The zero-order valence-corrected chi connectivity index (χ0v) is 24.4. The molecule has 2 atom stereocenters. The molecule has 0 saturated heterocycles. The molecule has 0 saturated carbocycles. The summed E-state index contributed by atoms with van der Waals surface area (Å²) in [5, 5.41) is 3.48. The van der Waals surface area contributed by atoms with Gasteiger partial charge in [-0.25, -0.2) is 8.42 Å². The third-order valence-corrected chi connectivity index (χ3v) is 8.72. The normalized spacial score (nSPS) is 12.8. The molecular weight excluding hydrogens is 534 g/mol. The van der Waals surface area contributed by atoms with Gasteiger partial charge in [-0.1, -0.05) is 67.9 Å². The minimum Gasteiger partial charge on any atom is -0.352 e. The number of carbonyl (C=O) groups is 2. The van der Waals surface area contributed by atoms with Gasteiger partial charge in [0.25, 0.3) is 10.0 Å². The van der Waals surface area contributed by atoms with Crippen molar-refractivity contribution >= 4 is 39.1 Å². The first-order chi connectivity index (χ1) is 18.6. The Morgan fingerprint density at radius 3 is 2.03 bits per heavy atom. The Morgan fingerprint density at radius 2 is 1.46 bits per heavy atom. The Bertz CT molecular complexity index is 1350. The highest BCUT2D eigenvalue weighted by Gasteiger charge is 2.32. The van der Waals surface area contributed by atoms with E-state index in [2.05, 4.69) is 5.32 Å². The molecule has 9 heteroatoms. The molecule has 1 N–H and O–H groups in total. The van der Waals surface area contributed by atoms with Crippen molar-refractivity contribution in [3.05, 3.63) is 95.0 Å². The lowest BCUT2D eigenvalue weighted by atomic mass is 10.1. The second kappa shape index (κ2) is 13.6. The number of benzene rings is 3. The summed E-state index contributed by atoms with van der Waals surface area (Å²) in [6, 6.07) is 21.2. The first-order valence-electron chi connectivity index (χ1n) is 13.1. The van der Waals surface area contributed by atoms with Crippen LogP contribution < -0.4 is 9.62 Å². The Morgan fingerprint density at radius 1 is 0.872 bits per heavy atom. The molecule has 3 aromatic rings. The number of halogens is 1. The zero-order valence-electron chi connectivity index (χ0n) is 22.8. The maximum atomic E-state index is 13.9. The fourth-order valence-electron chi connectivity index (χ4n) is 3.98. The number of aryl methyl sites for hydroxylation is 1. The lowest BCUT2D eigenvalue weighted by Gasteiger charge is -2.32. The van der Waals surface area contributed by atoms with Gasteiger partial charge >= 0.3 is 0 Å². The Hall–Kier alpha value is -3.36. The van der Waals surface area contributed by atoms with Crippen molar-refractivity contribution in [1.82, 2.24) is 10.2 Å². The highest BCUT2D eigenvalue weighted by atomic mass is 35.5. The highest BCUT2D eigenvalue weighted by Crippen LogP contribution is 2.25. The largest absolute Gasteiger partial charge is 0.352 e. The molecule has 208 valence electrons.